The van der Waals surface area contributed by atoms with Crippen molar-refractivity contribution < 1.29 is 17.6 Å². The summed E-state index contributed by atoms with van der Waals surface area (Å²) in [6, 6.07) is 12.1. The summed E-state index contributed by atoms with van der Waals surface area (Å²) >= 11 is 0. The van der Waals surface area contributed by atoms with Crippen molar-refractivity contribution in [2.24, 2.45) is 0 Å². The second-order valence-electron chi connectivity index (χ2n) is 5.76. The highest BCUT2D eigenvalue weighted by Gasteiger charge is 2.44. The molecule has 0 fully saturated rings. The van der Waals surface area contributed by atoms with Gasteiger partial charge in [-0.1, -0.05) is 36.4 Å². The summed E-state index contributed by atoms with van der Waals surface area (Å²) in [6.07, 6.45) is -6.25. The Morgan fingerprint density at radius 2 is 1.55 bits per heavy atom. The van der Waals surface area contributed by atoms with Crippen molar-refractivity contribution in [3.63, 3.8) is 0 Å². The van der Waals surface area contributed by atoms with Crippen molar-refractivity contribution in [1.29, 1.82) is 0 Å². The first-order valence-electron chi connectivity index (χ1n) is 6.40. The average molecular weight is 298 g/mol. The fraction of sp³-hybridized carbons (Fsp3) is 0.333. The van der Waals surface area contributed by atoms with Gasteiger partial charge in [-0.25, -0.2) is 0 Å². The molecule has 2 aromatic rings. The zero-order valence-electron chi connectivity index (χ0n) is 11.7. The summed E-state index contributed by atoms with van der Waals surface area (Å²) < 4.78 is 45.1. The summed E-state index contributed by atoms with van der Waals surface area (Å²) in [6.45, 7) is 5.27. The Kier molecular flexibility index (Phi) is 3.93. The lowest BCUT2D eigenvalue weighted by Gasteiger charge is -2.28. The van der Waals surface area contributed by atoms with Crippen LogP contribution in [0.1, 0.15) is 11.7 Å². The van der Waals surface area contributed by atoms with Crippen LogP contribution in [0.25, 0.3) is 10.8 Å². The SMILES string of the molecule is C[Si](C)(C)OC(c1ccc2ccccc2c1)C(F)(F)F. The van der Waals surface area contributed by atoms with Crippen molar-refractivity contribution in [3.05, 3.63) is 48.0 Å². The van der Waals surface area contributed by atoms with Gasteiger partial charge in [0.25, 0.3) is 0 Å². The first kappa shape index (κ1) is 15.1. The van der Waals surface area contributed by atoms with Crippen molar-refractivity contribution >= 4 is 19.1 Å². The van der Waals surface area contributed by atoms with Gasteiger partial charge in [-0.05, 0) is 42.0 Å². The molecule has 0 amide bonds. The van der Waals surface area contributed by atoms with E-state index in [9.17, 15) is 13.2 Å². The quantitative estimate of drug-likeness (QED) is 0.699. The van der Waals surface area contributed by atoms with Crippen LogP contribution in [0, 0.1) is 0 Å². The third-order valence-electron chi connectivity index (χ3n) is 2.84. The predicted molar refractivity (Wildman–Crippen MR) is 77.2 cm³/mol. The molecule has 0 saturated carbocycles. The molecule has 0 radical (unpaired) electrons. The molecular formula is C15H17F3OSi. The minimum Gasteiger partial charge on any atom is -0.403 e. The van der Waals surface area contributed by atoms with E-state index in [4.69, 9.17) is 4.43 Å². The van der Waals surface area contributed by atoms with Gasteiger partial charge in [-0.2, -0.15) is 13.2 Å². The van der Waals surface area contributed by atoms with Crippen LogP contribution in [0.15, 0.2) is 42.5 Å². The standard InChI is InChI=1S/C15H17F3OSi/c1-20(2,3)19-14(15(16,17)18)13-9-8-11-6-4-5-7-12(11)10-13/h4-10,14H,1-3H3. The number of benzene rings is 2. The highest BCUT2D eigenvalue weighted by molar-refractivity contribution is 6.69. The van der Waals surface area contributed by atoms with Crippen molar-refractivity contribution in [2.45, 2.75) is 31.9 Å². The second-order valence-corrected chi connectivity index (χ2v) is 10.2. The van der Waals surface area contributed by atoms with Gasteiger partial charge in [-0.3, -0.25) is 0 Å². The van der Waals surface area contributed by atoms with Gasteiger partial charge >= 0.3 is 6.18 Å². The minimum absolute atomic E-state index is 0.165. The summed E-state index contributed by atoms with van der Waals surface area (Å²) in [5.74, 6) is 0. The van der Waals surface area contributed by atoms with E-state index >= 15 is 0 Å². The molecule has 0 aliphatic heterocycles. The van der Waals surface area contributed by atoms with E-state index in [1.807, 2.05) is 18.2 Å². The first-order chi connectivity index (χ1) is 9.17. The van der Waals surface area contributed by atoms with Gasteiger partial charge in [0.1, 0.15) is 0 Å². The molecule has 1 atom stereocenters. The van der Waals surface area contributed by atoms with Gasteiger partial charge in [0.05, 0.1) is 0 Å². The van der Waals surface area contributed by atoms with E-state index in [1.165, 1.54) is 6.07 Å². The van der Waals surface area contributed by atoms with Crippen LogP contribution in [0.3, 0.4) is 0 Å². The normalized spacial score (nSPS) is 14.5. The van der Waals surface area contributed by atoms with Crippen LogP contribution in [0.4, 0.5) is 13.2 Å². The molecule has 0 heterocycles. The third-order valence-corrected chi connectivity index (χ3v) is 3.79. The summed E-state index contributed by atoms with van der Waals surface area (Å²) in [5, 5.41) is 1.71. The number of hydrogen-bond donors (Lipinski definition) is 0. The average Bonchev–Trinajstić information content (AvgIpc) is 2.33. The van der Waals surface area contributed by atoms with Crippen molar-refractivity contribution in [2.75, 3.05) is 0 Å². The molecule has 20 heavy (non-hydrogen) atoms. The number of rotatable bonds is 3. The lowest BCUT2D eigenvalue weighted by Crippen LogP contribution is -2.34. The lowest BCUT2D eigenvalue weighted by atomic mass is 10.0. The van der Waals surface area contributed by atoms with Crippen LogP contribution in [-0.4, -0.2) is 14.5 Å². The molecule has 0 N–H and O–H groups in total. The third kappa shape index (κ3) is 3.61. The molecule has 0 spiro atoms. The van der Waals surface area contributed by atoms with E-state index in [0.717, 1.165) is 10.8 Å². The topological polar surface area (TPSA) is 9.23 Å². The maximum Gasteiger partial charge on any atom is 0.417 e. The van der Waals surface area contributed by atoms with Gasteiger partial charge in [-0.15, -0.1) is 0 Å². The molecule has 0 bridgehead atoms. The molecule has 0 saturated heterocycles. The summed E-state index contributed by atoms with van der Waals surface area (Å²) in [7, 11) is -2.30. The Bertz CT molecular complexity index is 602. The van der Waals surface area contributed by atoms with Gasteiger partial charge in [0.2, 0.25) is 0 Å². The lowest BCUT2D eigenvalue weighted by molar-refractivity contribution is -0.200. The van der Waals surface area contributed by atoms with Crippen molar-refractivity contribution in [3.8, 4) is 0 Å². The van der Waals surface area contributed by atoms with Gasteiger partial charge < -0.3 is 4.43 Å². The highest BCUT2D eigenvalue weighted by Crippen LogP contribution is 2.38. The Labute approximate surface area is 117 Å². The maximum absolute atomic E-state index is 13.2. The molecule has 0 aliphatic carbocycles. The number of hydrogen-bond acceptors (Lipinski definition) is 1. The Balaban J connectivity index is 2.45. The van der Waals surface area contributed by atoms with Crippen LogP contribution < -0.4 is 0 Å². The fourth-order valence-electron chi connectivity index (χ4n) is 2.05. The maximum atomic E-state index is 13.2. The summed E-state index contributed by atoms with van der Waals surface area (Å²) in [4.78, 5) is 0. The first-order valence-corrected chi connectivity index (χ1v) is 9.81. The van der Waals surface area contributed by atoms with Crippen LogP contribution in [-0.2, 0) is 4.43 Å². The smallest absolute Gasteiger partial charge is 0.403 e. The van der Waals surface area contributed by atoms with Crippen LogP contribution in [0.5, 0.6) is 0 Å². The monoisotopic (exact) mass is 298 g/mol. The Hall–Kier alpha value is -1.33. The molecule has 1 unspecified atom stereocenters. The van der Waals surface area contributed by atoms with E-state index in [2.05, 4.69) is 0 Å². The zero-order valence-corrected chi connectivity index (χ0v) is 12.7. The highest BCUT2D eigenvalue weighted by atomic mass is 28.4. The molecule has 0 aromatic heterocycles. The van der Waals surface area contributed by atoms with Crippen LogP contribution in [0.2, 0.25) is 19.6 Å². The van der Waals surface area contributed by atoms with Gasteiger partial charge in [0, 0.05) is 0 Å². The molecule has 2 rings (SSSR count). The van der Waals surface area contributed by atoms with E-state index in [0.29, 0.717) is 0 Å². The van der Waals surface area contributed by atoms with E-state index < -0.39 is 20.6 Å². The molecule has 1 nitrogen and oxygen atoms in total. The fourth-order valence-corrected chi connectivity index (χ4v) is 3.03. The van der Waals surface area contributed by atoms with Crippen molar-refractivity contribution in [1.82, 2.24) is 0 Å². The Morgan fingerprint density at radius 3 is 2.10 bits per heavy atom. The molecule has 5 heteroatoms. The van der Waals surface area contributed by atoms with E-state index in [1.54, 1.807) is 37.8 Å². The van der Waals surface area contributed by atoms with Gasteiger partial charge in [0.15, 0.2) is 14.4 Å². The largest absolute Gasteiger partial charge is 0.417 e. The minimum atomic E-state index is -4.40. The zero-order chi connectivity index (χ0) is 15.0. The predicted octanol–water partition coefficient (Wildman–Crippen LogP) is 5.29. The molecule has 108 valence electrons. The molecule has 0 aliphatic rings. The summed E-state index contributed by atoms with van der Waals surface area (Å²) in [5.41, 5.74) is 0.165. The number of halogens is 3. The Morgan fingerprint density at radius 1 is 0.950 bits per heavy atom. The molecular weight excluding hydrogens is 281 g/mol. The van der Waals surface area contributed by atoms with E-state index in [-0.39, 0.29) is 5.56 Å². The second kappa shape index (κ2) is 5.22. The van der Waals surface area contributed by atoms with Crippen LogP contribution >= 0.6 is 0 Å². The number of alkyl halides is 3. The number of fused-ring (bicyclic) bond motifs is 1. The molecule has 2 aromatic carbocycles.